The molecular formula is C7H11N5O2. The number of aliphatic hydroxyl groups excluding tert-OH is 1. The van der Waals surface area contributed by atoms with Gasteiger partial charge in [-0.2, -0.15) is 0 Å². The fraction of sp³-hybridized carbons (Fsp3) is 0.429. The van der Waals surface area contributed by atoms with E-state index in [-0.39, 0.29) is 13.2 Å². The first-order valence-electron chi connectivity index (χ1n) is 4.18. The molecule has 1 unspecified atom stereocenters. The van der Waals surface area contributed by atoms with Gasteiger partial charge in [0.1, 0.15) is 18.6 Å². The minimum Gasteiger partial charge on any atom is -0.474 e. The van der Waals surface area contributed by atoms with E-state index in [1.54, 1.807) is 0 Å². The predicted octanol–water partition coefficient (Wildman–Crippen LogP) is -0.808. The predicted molar refractivity (Wildman–Crippen MR) is 50.2 cm³/mol. The van der Waals surface area contributed by atoms with Gasteiger partial charge < -0.3 is 20.9 Å². The Bertz CT molecular complexity index is 348. The first-order chi connectivity index (χ1) is 6.83. The maximum atomic E-state index is 8.60. The molecule has 1 aliphatic heterocycles. The van der Waals surface area contributed by atoms with Gasteiger partial charge in [0.2, 0.25) is 5.88 Å². The molecule has 0 radical (unpaired) electrons. The third-order valence-corrected chi connectivity index (χ3v) is 1.84. The smallest absolute Gasteiger partial charge is 0.241 e. The van der Waals surface area contributed by atoms with Crippen molar-refractivity contribution < 1.29 is 9.84 Å². The summed E-state index contributed by atoms with van der Waals surface area (Å²) in [5.74, 6) is 1.06. The Morgan fingerprint density at radius 1 is 1.64 bits per heavy atom. The van der Waals surface area contributed by atoms with Crippen molar-refractivity contribution in [2.24, 2.45) is 10.7 Å². The summed E-state index contributed by atoms with van der Waals surface area (Å²) in [6, 6.07) is 0. The first kappa shape index (κ1) is 8.97. The molecule has 0 saturated heterocycles. The molecule has 7 heteroatoms. The Kier molecular flexibility index (Phi) is 2.33. The zero-order valence-corrected chi connectivity index (χ0v) is 7.40. The summed E-state index contributed by atoms with van der Waals surface area (Å²) in [6.45, 7) is 0.126. The minimum atomic E-state index is -0.473. The summed E-state index contributed by atoms with van der Waals surface area (Å²) in [4.78, 5) is 3.95. The number of hydrogen-bond donors (Lipinski definition) is 4. The Morgan fingerprint density at radius 3 is 3.29 bits per heavy atom. The standard InChI is InChI=1S/C7H11N5O2/c8-5-4-6(10-3-9-5)11-12-7(4)14-2-1-13/h3,5,13H,1-2,8H2,(H2,9,10,11,12). The molecule has 0 fully saturated rings. The second kappa shape index (κ2) is 3.64. The zero-order chi connectivity index (χ0) is 9.97. The second-order valence-electron chi connectivity index (χ2n) is 2.76. The lowest BCUT2D eigenvalue weighted by Gasteiger charge is -2.13. The van der Waals surface area contributed by atoms with Gasteiger partial charge in [0.25, 0.3) is 0 Å². The van der Waals surface area contributed by atoms with Crippen LogP contribution in [0.3, 0.4) is 0 Å². The number of hydrogen-bond acceptors (Lipinski definition) is 6. The van der Waals surface area contributed by atoms with Crippen LogP contribution in [0.4, 0.5) is 5.82 Å². The lowest BCUT2D eigenvalue weighted by atomic mass is 10.2. The van der Waals surface area contributed by atoms with Gasteiger partial charge in [0.05, 0.1) is 18.5 Å². The molecule has 0 aliphatic carbocycles. The van der Waals surface area contributed by atoms with E-state index >= 15 is 0 Å². The van der Waals surface area contributed by atoms with Crippen LogP contribution in [-0.4, -0.2) is 34.9 Å². The zero-order valence-electron chi connectivity index (χ0n) is 7.40. The number of ether oxygens (including phenoxy) is 1. The van der Waals surface area contributed by atoms with Crippen LogP contribution in [0.25, 0.3) is 0 Å². The van der Waals surface area contributed by atoms with Crippen molar-refractivity contribution in [1.29, 1.82) is 0 Å². The maximum Gasteiger partial charge on any atom is 0.241 e. The molecule has 0 bridgehead atoms. The van der Waals surface area contributed by atoms with Gasteiger partial charge in [0, 0.05) is 0 Å². The van der Waals surface area contributed by atoms with Crippen LogP contribution in [0, 0.1) is 0 Å². The van der Waals surface area contributed by atoms with Crippen LogP contribution in [0.2, 0.25) is 0 Å². The van der Waals surface area contributed by atoms with Gasteiger partial charge in [-0.15, -0.1) is 5.10 Å². The molecule has 1 aliphatic rings. The number of fused-ring (bicyclic) bond motifs is 1. The van der Waals surface area contributed by atoms with Crippen LogP contribution in [0.5, 0.6) is 5.88 Å². The summed E-state index contributed by atoms with van der Waals surface area (Å²) in [5, 5.41) is 18.1. The molecule has 1 aromatic rings. The van der Waals surface area contributed by atoms with E-state index in [9.17, 15) is 0 Å². The quantitative estimate of drug-likeness (QED) is 0.507. The van der Waals surface area contributed by atoms with Crippen molar-refractivity contribution in [2.45, 2.75) is 6.17 Å². The number of aliphatic hydroxyl groups is 1. The largest absolute Gasteiger partial charge is 0.474 e. The highest BCUT2D eigenvalue weighted by molar-refractivity contribution is 5.79. The normalized spacial score (nSPS) is 18.9. The van der Waals surface area contributed by atoms with Gasteiger partial charge in [-0.3, -0.25) is 10.1 Å². The SMILES string of the molecule is NC1N=CNc2[nH]nc(OCCO)c21. The molecule has 5 N–H and O–H groups in total. The summed E-state index contributed by atoms with van der Waals surface area (Å²) < 4.78 is 5.18. The van der Waals surface area contributed by atoms with Crippen molar-refractivity contribution in [3.63, 3.8) is 0 Å². The topological polar surface area (TPSA) is 109 Å². The highest BCUT2D eigenvalue weighted by Gasteiger charge is 2.22. The number of H-pyrrole nitrogens is 1. The van der Waals surface area contributed by atoms with Crippen molar-refractivity contribution in [1.82, 2.24) is 10.2 Å². The summed E-state index contributed by atoms with van der Waals surface area (Å²) in [6.07, 6.45) is 1.03. The maximum absolute atomic E-state index is 8.60. The molecule has 1 aromatic heterocycles. The molecule has 0 spiro atoms. The van der Waals surface area contributed by atoms with Gasteiger partial charge in [-0.05, 0) is 0 Å². The highest BCUT2D eigenvalue weighted by atomic mass is 16.5. The number of nitrogens with two attached hydrogens (primary N) is 1. The molecule has 0 amide bonds. The summed E-state index contributed by atoms with van der Waals surface area (Å²) in [5.41, 5.74) is 6.40. The third kappa shape index (κ3) is 1.42. The Balaban J connectivity index is 2.23. The monoisotopic (exact) mass is 197 g/mol. The van der Waals surface area contributed by atoms with Crippen LogP contribution in [-0.2, 0) is 0 Å². The number of nitrogens with zero attached hydrogens (tertiary/aromatic N) is 2. The Labute approximate surface area is 80.0 Å². The highest BCUT2D eigenvalue weighted by Crippen LogP contribution is 2.30. The molecule has 7 nitrogen and oxygen atoms in total. The molecule has 1 atom stereocenters. The minimum absolute atomic E-state index is 0.0619. The van der Waals surface area contributed by atoms with E-state index in [4.69, 9.17) is 15.6 Å². The van der Waals surface area contributed by atoms with E-state index in [1.165, 1.54) is 6.34 Å². The molecule has 0 aromatic carbocycles. The van der Waals surface area contributed by atoms with Gasteiger partial charge in [-0.25, -0.2) is 0 Å². The first-order valence-corrected chi connectivity index (χ1v) is 4.18. The average molecular weight is 197 g/mol. The van der Waals surface area contributed by atoms with Crippen LogP contribution < -0.4 is 15.8 Å². The van der Waals surface area contributed by atoms with Gasteiger partial charge in [-0.1, -0.05) is 0 Å². The molecule has 76 valence electrons. The van der Waals surface area contributed by atoms with Crippen LogP contribution in [0.15, 0.2) is 4.99 Å². The van der Waals surface area contributed by atoms with Crippen molar-refractivity contribution in [3.05, 3.63) is 5.56 Å². The number of rotatable bonds is 3. The lowest BCUT2D eigenvalue weighted by Crippen LogP contribution is -2.17. The van der Waals surface area contributed by atoms with Crippen molar-refractivity contribution in [3.8, 4) is 5.88 Å². The van der Waals surface area contributed by atoms with E-state index < -0.39 is 6.17 Å². The summed E-state index contributed by atoms with van der Waals surface area (Å²) >= 11 is 0. The second-order valence-corrected chi connectivity index (χ2v) is 2.76. The van der Waals surface area contributed by atoms with Gasteiger partial charge >= 0.3 is 0 Å². The fourth-order valence-corrected chi connectivity index (χ4v) is 1.23. The van der Waals surface area contributed by atoms with E-state index in [1.807, 2.05) is 0 Å². The molecule has 0 saturated carbocycles. The number of aliphatic imine (C=N–C) groups is 1. The number of aromatic nitrogens is 2. The molecule has 2 rings (SSSR count). The van der Waals surface area contributed by atoms with Crippen LogP contribution >= 0.6 is 0 Å². The van der Waals surface area contributed by atoms with E-state index in [0.717, 1.165) is 0 Å². The lowest BCUT2D eigenvalue weighted by molar-refractivity contribution is 0.195. The number of nitrogens with one attached hydrogen (secondary N) is 2. The average Bonchev–Trinajstić information content (AvgIpc) is 2.59. The Hall–Kier alpha value is -1.60. The molecule has 14 heavy (non-hydrogen) atoms. The number of anilines is 1. The van der Waals surface area contributed by atoms with Crippen molar-refractivity contribution in [2.75, 3.05) is 18.5 Å². The third-order valence-electron chi connectivity index (χ3n) is 1.84. The molecular weight excluding hydrogens is 186 g/mol. The van der Waals surface area contributed by atoms with E-state index in [2.05, 4.69) is 20.5 Å². The van der Waals surface area contributed by atoms with Crippen LogP contribution in [0.1, 0.15) is 11.7 Å². The summed E-state index contributed by atoms with van der Waals surface area (Å²) in [7, 11) is 0. The van der Waals surface area contributed by atoms with E-state index in [0.29, 0.717) is 17.3 Å². The Morgan fingerprint density at radius 2 is 2.50 bits per heavy atom. The number of aromatic amines is 1. The molecule has 2 heterocycles. The van der Waals surface area contributed by atoms with Crippen molar-refractivity contribution >= 4 is 12.2 Å². The van der Waals surface area contributed by atoms with Gasteiger partial charge in [0.15, 0.2) is 0 Å². The fourth-order valence-electron chi connectivity index (χ4n) is 1.23.